The number of aldehydes is 1. The fraction of sp³-hybridized carbons (Fsp3) is 0.300. The molecule has 0 radical (unpaired) electrons. The minimum Gasteiger partial charge on any atom is -0.504 e. The highest BCUT2D eigenvalue weighted by atomic mass is 16.5. The maximum absolute atomic E-state index is 10.2. The van der Waals surface area contributed by atoms with Gasteiger partial charge >= 0.3 is 0 Å². The van der Waals surface area contributed by atoms with Gasteiger partial charge in [0.15, 0.2) is 11.5 Å². The average Bonchev–Trinajstić information content (AvgIpc) is 2.19. The number of rotatable bonds is 2. The summed E-state index contributed by atoms with van der Waals surface area (Å²) >= 11 is 0. The van der Waals surface area contributed by atoms with Gasteiger partial charge in [0.25, 0.3) is 0 Å². The lowest BCUT2D eigenvalue weighted by Gasteiger charge is -2.01. The van der Waals surface area contributed by atoms with Crippen molar-refractivity contribution in [2.45, 2.75) is 0 Å². The standard InChI is InChI=1S/C8H8O3.C2H6O/c1-11-8-3-2-6(5-9)4-7(8)10;1-3-2/h2-5,10H,1H3;1-2H3. The molecule has 0 aromatic heterocycles. The number of carbonyl (C=O) groups is 1. The second kappa shape index (κ2) is 6.91. The molecule has 4 nitrogen and oxygen atoms in total. The lowest BCUT2D eigenvalue weighted by Crippen LogP contribution is -1.85. The van der Waals surface area contributed by atoms with Crippen molar-refractivity contribution >= 4 is 6.29 Å². The van der Waals surface area contributed by atoms with E-state index in [-0.39, 0.29) is 5.75 Å². The third-order valence-corrected chi connectivity index (χ3v) is 1.34. The molecule has 0 atom stereocenters. The van der Waals surface area contributed by atoms with E-state index in [0.717, 1.165) is 0 Å². The van der Waals surface area contributed by atoms with E-state index in [1.807, 2.05) is 0 Å². The summed E-state index contributed by atoms with van der Waals surface area (Å²) in [5.41, 5.74) is 0.434. The van der Waals surface area contributed by atoms with Gasteiger partial charge in [-0.2, -0.15) is 0 Å². The highest BCUT2D eigenvalue weighted by Crippen LogP contribution is 2.25. The van der Waals surface area contributed by atoms with Crippen molar-refractivity contribution in [3.05, 3.63) is 23.8 Å². The first-order valence-electron chi connectivity index (χ1n) is 3.91. The van der Waals surface area contributed by atoms with Crippen LogP contribution >= 0.6 is 0 Å². The third kappa shape index (κ3) is 3.91. The number of ether oxygens (including phenoxy) is 2. The predicted octanol–water partition coefficient (Wildman–Crippen LogP) is 1.48. The van der Waals surface area contributed by atoms with E-state index < -0.39 is 0 Å². The molecule has 0 unspecified atom stereocenters. The van der Waals surface area contributed by atoms with Gasteiger partial charge in [0.05, 0.1) is 7.11 Å². The molecule has 0 amide bonds. The molecule has 0 spiro atoms. The molecule has 14 heavy (non-hydrogen) atoms. The van der Waals surface area contributed by atoms with E-state index in [2.05, 4.69) is 4.74 Å². The van der Waals surface area contributed by atoms with Crippen LogP contribution in [0.3, 0.4) is 0 Å². The molecule has 0 aliphatic carbocycles. The quantitative estimate of drug-likeness (QED) is 0.731. The molecular weight excluding hydrogens is 184 g/mol. The number of aromatic hydroxyl groups is 1. The van der Waals surface area contributed by atoms with Crippen LogP contribution in [0.15, 0.2) is 18.2 Å². The van der Waals surface area contributed by atoms with Crippen LogP contribution < -0.4 is 4.74 Å². The van der Waals surface area contributed by atoms with Gasteiger partial charge < -0.3 is 14.6 Å². The summed E-state index contributed by atoms with van der Waals surface area (Å²) in [4.78, 5) is 10.2. The largest absolute Gasteiger partial charge is 0.504 e. The lowest BCUT2D eigenvalue weighted by atomic mass is 10.2. The van der Waals surface area contributed by atoms with Gasteiger partial charge in [0, 0.05) is 19.8 Å². The van der Waals surface area contributed by atoms with Crippen LogP contribution in [0.25, 0.3) is 0 Å². The van der Waals surface area contributed by atoms with Crippen molar-refractivity contribution in [2.75, 3.05) is 21.3 Å². The van der Waals surface area contributed by atoms with Crippen molar-refractivity contribution in [1.82, 2.24) is 0 Å². The minimum absolute atomic E-state index is 0.0166. The van der Waals surface area contributed by atoms with Gasteiger partial charge in [-0.05, 0) is 18.2 Å². The number of methoxy groups -OCH3 is 2. The second-order valence-electron chi connectivity index (χ2n) is 2.46. The Morgan fingerprint density at radius 1 is 1.29 bits per heavy atom. The van der Waals surface area contributed by atoms with E-state index in [1.54, 1.807) is 26.4 Å². The number of phenols is 1. The van der Waals surface area contributed by atoms with Crippen LogP contribution in [0.1, 0.15) is 10.4 Å². The van der Waals surface area contributed by atoms with E-state index in [9.17, 15) is 4.79 Å². The summed E-state index contributed by atoms with van der Waals surface area (Å²) in [6.07, 6.45) is 0.666. The molecule has 0 fully saturated rings. The van der Waals surface area contributed by atoms with Gasteiger partial charge in [-0.3, -0.25) is 4.79 Å². The molecule has 4 heteroatoms. The van der Waals surface area contributed by atoms with Crippen LogP contribution in [0.2, 0.25) is 0 Å². The second-order valence-corrected chi connectivity index (χ2v) is 2.46. The van der Waals surface area contributed by atoms with Crippen molar-refractivity contribution in [2.24, 2.45) is 0 Å². The molecule has 0 bridgehead atoms. The molecule has 1 aromatic rings. The number of hydrogen-bond acceptors (Lipinski definition) is 4. The zero-order chi connectivity index (χ0) is 11.0. The highest BCUT2D eigenvalue weighted by molar-refractivity contribution is 5.76. The Hall–Kier alpha value is -1.55. The van der Waals surface area contributed by atoms with Crippen LogP contribution in [-0.4, -0.2) is 32.7 Å². The fourth-order valence-electron chi connectivity index (χ4n) is 0.780. The number of phenolic OH excluding ortho intramolecular Hbond substituents is 1. The van der Waals surface area contributed by atoms with Crippen LogP contribution in [0.5, 0.6) is 11.5 Å². The normalized spacial score (nSPS) is 8.50. The average molecular weight is 198 g/mol. The predicted molar refractivity (Wildman–Crippen MR) is 53.0 cm³/mol. The highest BCUT2D eigenvalue weighted by Gasteiger charge is 2.00. The number of hydrogen-bond donors (Lipinski definition) is 1. The molecule has 0 aliphatic heterocycles. The maximum Gasteiger partial charge on any atom is 0.160 e. The van der Waals surface area contributed by atoms with E-state index >= 15 is 0 Å². The molecule has 1 N–H and O–H groups in total. The van der Waals surface area contributed by atoms with Gasteiger partial charge in [0.1, 0.15) is 6.29 Å². The summed E-state index contributed by atoms with van der Waals surface area (Å²) < 4.78 is 9.03. The summed E-state index contributed by atoms with van der Waals surface area (Å²) in [5, 5.41) is 9.14. The SMILES string of the molecule is COC.COc1ccc(C=O)cc1O. The van der Waals surface area contributed by atoms with Crippen LogP contribution in [0.4, 0.5) is 0 Å². The van der Waals surface area contributed by atoms with Crippen molar-refractivity contribution in [3.8, 4) is 11.5 Å². The van der Waals surface area contributed by atoms with Gasteiger partial charge in [0.2, 0.25) is 0 Å². The monoisotopic (exact) mass is 198 g/mol. The zero-order valence-corrected chi connectivity index (χ0v) is 8.48. The Kier molecular flexibility index (Phi) is 6.15. The molecule has 0 heterocycles. The molecule has 1 aromatic carbocycles. The van der Waals surface area contributed by atoms with E-state index in [1.165, 1.54) is 13.2 Å². The first kappa shape index (κ1) is 12.4. The minimum atomic E-state index is -0.0166. The van der Waals surface area contributed by atoms with E-state index in [0.29, 0.717) is 17.6 Å². The Labute approximate surface area is 83.1 Å². The van der Waals surface area contributed by atoms with Crippen molar-refractivity contribution < 1.29 is 19.4 Å². The first-order chi connectivity index (χ1) is 6.69. The number of benzene rings is 1. The number of carbonyl (C=O) groups excluding carboxylic acids is 1. The Balaban J connectivity index is 0.000000500. The first-order valence-corrected chi connectivity index (χ1v) is 3.91. The van der Waals surface area contributed by atoms with Gasteiger partial charge in [-0.25, -0.2) is 0 Å². The molecular formula is C10H14O4. The maximum atomic E-state index is 10.2. The van der Waals surface area contributed by atoms with E-state index in [4.69, 9.17) is 9.84 Å². The summed E-state index contributed by atoms with van der Waals surface area (Å²) in [6.45, 7) is 0. The molecule has 0 saturated heterocycles. The zero-order valence-electron chi connectivity index (χ0n) is 8.48. The van der Waals surface area contributed by atoms with Crippen molar-refractivity contribution in [3.63, 3.8) is 0 Å². The summed E-state index contributed by atoms with van der Waals surface area (Å²) in [5.74, 6) is 0.354. The van der Waals surface area contributed by atoms with Gasteiger partial charge in [-0.1, -0.05) is 0 Å². The Bertz CT molecular complexity index is 283. The van der Waals surface area contributed by atoms with Gasteiger partial charge in [-0.15, -0.1) is 0 Å². The fourth-order valence-corrected chi connectivity index (χ4v) is 0.780. The smallest absolute Gasteiger partial charge is 0.160 e. The lowest BCUT2D eigenvalue weighted by molar-refractivity contribution is 0.112. The third-order valence-electron chi connectivity index (χ3n) is 1.34. The van der Waals surface area contributed by atoms with Crippen LogP contribution in [0, 0.1) is 0 Å². The molecule has 78 valence electrons. The Morgan fingerprint density at radius 2 is 1.86 bits per heavy atom. The molecule has 1 rings (SSSR count). The summed E-state index contributed by atoms with van der Waals surface area (Å²) in [7, 11) is 4.70. The molecule has 0 saturated carbocycles. The Morgan fingerprint density at radius 3 is 2.21 bits per heavy atom. The topological polar surface area (TPSA) is 55.8 Å². The molecule has 0 aliphatic rings. The summed E-state index contributed by atoms with van der Waals surface area (Å²) in [6, 6.07) is 4.47. The van der Waals surface area contributed by atoms with Crippen LogP contribution in [-0.2, 0) is 4.74 Å². The van der Waals surface area contributed by atoms with Crippen molar-refractivity contribution in [1.29, 1.82) is 0 Å².